The van der Waals surface area contributed by atoms with Gasteiger partial charge in [-0.15, -0.1) is 0 Å². The summed E-state index contributed by atoms with van der Waals surface area (Å²) >= 11 is 2.97. The second-order valence-electron chi connectivity index (χ2n) is 5.13. The van der Waals surface area contributed by atoms with E-state index < -0.39 is 23.1 Å². The second-order valence-corrected chi connectivity index (χ2v) is 6.04. The van der Waals surface area contributed by atoms with Gasteiger partial charge in [-0.3, -0.25) is 4.79 Å². The summed E-state index contributed by atoms with van der Waals surface area (Å²) in [6.45, 7) is 0.375. The van der Waals surface area contributed by atoms with Gasteiger partial charge in [0.15, 0.2) is 0 Å². The number of benzene rings is 1. The van der Waals surface area contributed by atoms with Crippen LogP contribution in [0.4, 0.5) is 8.78 Å². The summed E-state index contributed by atoms with van der Waals surface area (Å²) < 4.78 is 27.5. The van der Waals surface area contributed by atoms with Crippen LogP contribution in [0.15, 0.2) is 16.6 Å². The Morgan fingerprint density at radius 1 is 1.25 bits per heavy atom. The Morgan fingerprint density at radius 2 is 1.80 bits per heavy atom. The highest BCUT2D eigenvalue weighted by Crippen LogP contribution is 2.24. The molecule has 6 heteroatoms. The lowest BCUT2D eigenvalue weighted by Crippen LogP contribution is -2.33. The van der Waals surface area contributed by atoms with Gasteiger partial charge in [0.2, 0.25) is 0 Å². The summed E-state index contributed by atoms with van der Waals surface area (Å²) in [6.07, 6.45) is 2.78. The van der Waals surface area contributed by atoms with Crippen molar-refractivity contribution in [3.05, 3.63) is 33.8 Å². The fourth-order valence-electron chi connectivity index (χ4n) is 2.43. The Morgan fingerprint density at radius 3 is 2.35 bits per heavy atom. The maximum absolute atomic E-state index is 13.6. The molecule has 0 saturated heterocycles. The van der Waals surface area contributed by atoms with Crippen molar-refractivity contribution in [1.82, 2.24) is 5.32 Å². The van der Waals surface area contributed by atoms with Gasteiger partial charge in [-0.05, 0) is 43.7 Å². The molecule has 0 unspecified atom stereocenters. The van der Waals surface area contributed by atoms with Crippen LogP contribution in [-0.2, 0) is 0 Å². The number of carbonyl (C=O) groups is 1. The van der Waals surface area contributed by atoms with Crippen LogP contribution in [0.1, 0.15) is 36.0 Å². The number of amides is 1. The van der Waals surface area contributed by atoms with Crippen molar-refractivity contribution in [1.29, 1.82) is 0 Å². The fourth-order valence-corrected chi connectivity index (χ4v) is 2.84. The van der Waals surface area contributed by atoms with E-state index in [0.29, 0.717) is 19.4 Å². The van der Waals surface area contributed by atoms with E-state index >= 15 is 0 Å². The topological polar surface area (TPSA) is 49.3 Å². The molecule has 20 heavy (non-hydrogen) atoms. The first-order valence-electron chi connectivity index (χ1n) is 6.58. The van der Waals surface area contributed by atoms with Gasteiger partial charge < -0.3 is 10.4 Å². The minimum atomic E-state index is -0.881. The number of hydrogen-bond acceptors (Lipinski definition) is 2. The Hall–Kier alpha value is -1.01. The van der Waals surface area contributed by atoms with Gasteiger partial charge in [0.25, 0.3) is 5.91 Å². The lowest BCUT2D eigenvalue weighted by molar-refractivity contribution is 0.0903. The van der Waals surface area contributed by atoms with E-state index in [4.69, 9.17) is 0 Å². The maximum Gasteiger partial charge on any atom is 0.257 e. The SMILES string of the molecule is O=C(NCC1CCC(O)CC1)c1c(F)cc(Br)cc1F. The quantitative estimate of drug-likeness (QED) is 0.882. The van der Waals surface area contributed by atoms with E-state index in [-0.39, 0.29) is 16.5 Å². The molecule has 1 aliphatic rings. The van der Waals surface area contributed by atoms with Crippen LogP contribution in [0.3, 0.4) is 0 Å². The number of nitrogens with one attached hydrogen (secondary N) is 1. The van der Waals surface area contributed by atoms with Gasteiger partial charge >= 0.3 is 0 Å². The summed E-state index contributed by atoms with van der Waals surface area (Å²) in [5, 5.41) is 12.0. The number of rotatable bonds is 3. The third-order valence-corrected chi connectivity index (χ3v) is 4.06. The molecule has 0 radical (unpaired) electrons. The van der Waals surface area contributed by atoms with Crippen molar-refractivity contribution < 1.29 is 18.7 Å². The minimum Gasteiger partial charge on any atom is -0.393 e. The monoisotopic (exact) mass is 347 g/mol. The van der Waals surface area contributed by atoms with E-state index in [2.05, 4.69) is 21.2 Å². The Balaban J connectivity index is 1.95. The van der Waals surface area contributed by atoms with Gasteiger partial charge in [-0.1, -0.05) is 15.9 Å². The maximum atomic E-state index is 13.6. The first kappa shape index (κ1) is 15.4. The number of hydrogen-bond donors (Lipinski definition) is 2. The third kappa shape index (κ3) is 3.76. The highest BCUT2D eigenvalue weighted by molar-refractivity contribution is 9.10. The van der Waals surface area contributed by atoms with Crippen molar-refractivity contribution in [3.8, 4) is 0 Å². The van der Waals surface area contributed by atoms with Crippen LogP contribution < -0.4 is 5.32 Å². The molecule has 110 valence electrons. The van der Waals surface area contributed by atoms with Gasteiger partial charge in [-0.25, -0.2) is 8.78 Å². The van der Waals surface area contributed by atoms with Crippen molar-refractivity contribution in [2.75, 3.05) is 6.54 Å². The van der Waals surface area contributed by atoms with Crippen LogP contribution in [0.5, 0.6) is 0 Å². The molecule has 0 heterocycles. The summed E-state index contributed by atoms with van der Waals surface area (Å²) in [4.78, 5) is 11.8. The highest BCUT2D eigenvalue weighted by atomic mass is 79.9. The predicted molar refractivity (Wildman–Crippen MR) is 74.4 cm³/mol. The molecular weight excluding hydrogens is 332 g/mol. The van der Waals surface area contributed by atoms with Gasteiger partial charge in [-0.2, -0.15) is 0 Å². The minimum absolute atomic E-state index is 0.254. The molecule has 1 saturated carbocycles. The Kier molecular flexibility index (Phi) is 5.10. The van der Waals surface area contributed by atoms with Crippen molar-refractivity contribution >= 4 is 21.8 Å². The second kappa shape index (κ2) is 6.63. The van der Waals surface area contributed by atoms with Gasteiger partial charge in [0.1, 0.15) is 17.2 Å². The number of carbonyl (C=O) groups excluding carboxylic acids is 1. The molecule has 1 aromatic carbocycles. The molecule has 0 aromatic heterocycles. The summed E-state index contributed by atoms with van der Waals surface area (Å²) in [7, 11) is 0. The fraction of sp³-hybridized carbons (Fsp3) is 0.500. The molecule has 1 fully saturated rings. The largest absolute Gasteiger partial charge is 0.393 e. The molecule has 2 rings (SSSR count). The smallest absolute Gasteiger partial charge is 0.257 e. The first-order valence-corrected chi connectivity index (χ1v) is 7.37. The Bertz CT molecular complexity index is 479. The first-order chi connectivity index (χ1) is 9.47. The molecule has 1 amide bonds. The van der Waals surface area contributed by atoms with Gasteiger partial charge in [0.05, 0.1) is 6.10 Å². The number of aliphatic hydroxyl groups is 1. The number of halogens is 3. The van der Waals surface area contributed by atoms with E-state index in [0.717, 1.165) is 25.0 Å². The molecular formula is C14H16BrF2NO2. The number of aliphatic hydroxyl groups excluding tert-OH is 1. The molecule has 1 aromatic rings. The average Bonchev–Trinajstić information content (AvgIpc) is 2.37. The highest BCUT2D eigenvalue weighted by Gasteiger charge is 2.22. The van der Waals surface area contributed by atoms with Crippen LogP contribution in [-0.4, -0.2) is 23.7 Å². The van der Waals surface area contributed by atoms with Crippen LogP contribution in [0.2, 0.25) is 0 Å². The van der Waals surface area contributed by atoms with E-state index in [1.165, 1.54) is 0 Å². The summed E-state index contributed by atoms with van der Waals surface area (Å²) in [6, 6.07) is 2.13. The molecule has 2 N–H and O–H groups in total. The lowest BCUT2D eigenvalue weighted by atomic mass is 9.87. The molecule has 0 atom stereocenters. The van der Waals surface area contributed by atoms with Crippen LogP contribution >= 0.6 is 15.9 Å². The normalized spacial score (nSPS) is 22.6. The molecule has 0 aliphatic heterocycles. The van der Waals surface area contributed by atoms with Crippen molar-refractivity contribution in [3.63, 3.8) is 0 Å². The summed E-state index contributed by atoms with van der Waals surface area (Å²) in [5.41, 5.74) is -0.552. The lowest BCUT2D eigenvalue weighted by Gasteiger charge is -2.25. The zero-order valence-corrected chi connectivity index (χ0v) is 12.4. The predicted octanol–water partition coefficient (Wildman–Crippen LogP) is 3.01. The zero-order chi connectivity index (χ0) is 14.7. The zero-order valence-electron chi connectivity index (χ0n) is 10.8. The Labute approximate surface area is 124 Å². The van der Waals surface area contributed by atoms with Crippen molar-refractivity contribution in [2.24, 2.45) is 5.92 Å². The molecule has 0 spiro atoms. The van der Waals surface area contributed by atoms with E-state index in [1.807, 2.05) is 0 Å². The van der Waals surface area contributed by atoms with Gasteiger partial charge in [0, 0.05) is 11.0 Å². The molecule has 0 bridgehead atoms. The van der Waals surface area contributed by atoms with Crippen molar-refractivity contribution in [2.45, 2.75) is 31.8 Å². The van der Waals surface area contributed by atoms with Crippen LogP contribution in [0, 0.1) is 17.6 Å². The third-order valence-electron chi connectivity index (χ3n) is 3.60. The summed E-state index contributed by atoms with van der Waals surface area (Å²) in [5.74, 6) is -2.25. The van der Waals surface area contributed by atoms with E-state index in [9.17, 15) is 18.7 Å². The van der Waals surface area contributed by atoms with E-state index in [1.54, 1.807) is 0 Å². The average molecular weight is 348 g/mol. The molecule has 1 aliphatic carbocycles. The standard InChI is InChI=1S/C14H16BrF2NO2/c15-9-5-11(16)13(12(17)6-9)14(20)18-7-8-1-3-10(19)4-2-8/h5-6,8,10,19H,1-4,7H2,(H,18,20). The van der Waals surface area contributed by atoms with Crippen LogP contribution in [0.25, 0.3) is 0 Å². The molecule has 3 nitrogen and oxygen atoms in total.